The van der Waals surface area contributed by atoms with E-state index in [-0.39, 0.29) is 6.10 Å². The number of nitrogens with zero attached hydrogens (tertiary/aromatic N) is 3. The first kappa shape index (κ1) is 21.2. The first-order valence-electron chi connectivity index (χ1n) is 10.2. The van der Waals surface area contributed by atoms with E-state index in [2.05, 4.69) is 4.98 Å². The fourth-order valence-corrected chi connectivity index (χ4v) is 4.80. The highest BCUT2D eigenvalue weighted by atomic mass is 32.2. The summed E-state index contributed by atoms with van der Waals surface area (Å²) in [4.78, 5) is 17.2. The highest BCUT2D eigenvalue weighted by Gasteiger charge is 2.23. The van der Waals surface area contributed by atoms with Crippen LogP contribution in [-0.2, 0) is 9.84 Å². The Hall–Kier alpha value is -3.07. The van der Waals surface area contributed by atoms with Crippen LogP contribution in [0.5, 0.6) is 5.75 Å². The summed E-state index contributed by atoms with van der Waals surface area (Å²) in [5, 5.41) is 9.39. The van der Waals surface area contributed by atoms with Gasteiger partial charge in [0.25, 0.3) is 0 Å². The van der Waals surface area contributed by atoms with Crippen molar-refractivity contribution in [3.63, 3.8) is 0 Å². The third kappa shape index (κ3) is 4.23. The topological polar surface area (TPSA) is 102 Å². The molecule has 9 heteroatoms. The van der Waals surface area contributed by atoms with Crippen molar-refractivity contribution in [2.45, 2.75) is 42.9 Å². The molecule has 2 aromatic heterocycles. The summed E-state index contributed by atoms with van der Waals surface area (Å²) in [7, 11) is -3.33. The molecule has 0 radical (unpaired) electrons. The van der Waals surface area contributed by atoms with E-state index in [9.17, 15) is 13.2 Å². The summed E-state index contributed by atoms with van der Waals surface area (Å²) in [5.74, 6) is 1.34. The fourth-order valence-electron chi connectivity index (χ4n) is 3.71. The number of piperidine rings is 1. The first-order chi connectivity index (χ1) is 14.8. The van der Waals surface area contributed by atoms with Crippen LogP contribution in [0.25, 0.3) is 16.7 Å². The molecule has 0 bridgehead atoms. The third-order valence-corrected chi connectivity index (χ3v) is 7.75. The van der Waals surface area contributed by atoms with Gasteiger partial charge in [-0.2, -0.15) is 0 Å². The standard InChI is InChI=1S/C22H25N3O5S/c1-15(2)31(28,29)19-4-5-20-16(13-19)7-12-25(20)21-6-3-18(14-23-21)30-17-8-10-24(11-9-17)22(26)27/h3-7,12-15,17H,8-11H2,1-2H3,(H,26,27). The number of hydrogen-bond donors (Lipinski definition) is 1. The van der Waals surface area contributed by atoms with Crippen LogP contribution >= 0.6 is 0 Å². The Bertz CT molecular complexity index is 1190. The van der Waals surface area contributed by atoms with Crippen LogP contribution in [-0.4, -0.2) is 58.5 Å². The summed E-state index contributed by atoms with van der Waals surface area (Å²) in [6.45, 7) is 4.28. The number of ether oxygens (including phenoxy) is 1. The van der Waals surface area contributed by atoms with Crippen LogP contribution in [0, 0.1) is 0 Å². The molecule has 0 aliphatic carbocycles. The van der Waals surface area contributed by atoms with Gasteiger partial charge in [0.05, 0.1) is 21.9 Å². The zero-order valence-corrected chi connectivity index (χ0v) is 18.2. The van der Waals surface area contributed by atoms with E-state index in [1.165, 1.54) is 4.90 Å². The van der Waals surface area contributed by atoms with Crippen molar-refractivity contribution in [2.75, 3.05) is 13.1 Å². The molecular formula is C22H25N3O5S. The van der Waals surface area contributed by atoms with Crippen molar-refractivity contribution in [1.29, 1.82) is 0 Å². The van der Waals surface area contributed by atoms with Crippen LogP contribution in [0.15, 0.2) is 53.7 Å². The maximum atomic E-state index is 12.4. The summed E-state index contributed by atoms with van der Waals surface area (Å²) in [6, 6.07) is 10.7. The van der Waals surface area contributed by atoms with Gasteiger partial charge in [-0.15, -0.1) is 0 Å². The van der Waals surface area contributed by atoms with Gasteiger partial charge in [-0.05, 0) is 50.2 Å². The number of sulfone groups is 1. The number of aromatic nitrogens is 2. The second kappa shape index (κ2) is 8.22. The van der Waals surface area contributed by atoms with E-state index in [1.807, 2.05) is 29.0 Å². The minimum absolute atomic E-state index is 0.0306. The molecule has 0 spiro atoms. The Kier molecular flexibility index (Phi) is 5.62. The van der Waals surface area contributed by atoms with E-state index in [0.717, 1.165) is 10.9 Å². The Labute approximate surface area is 181 Å². The molecule has 8 nitrogen and oxygen atoms in total. The predicted molar refractivity (Wildman–Crippen MR) is 117 cm³/mol. The number of amides is 1. The van der Waals surface area contributed by atoms with Gasteiger partial charge < -0.3 is 19.3 Å². The number of pyridine rings is 1. The number of likely N-dealkylation sites (tertiary alicyclic amines) is 1. The van der Waals surface area contributed by atoms with Gasteiger partial charge in [0.15, 0.2) is 9.84 Å². The van der Waals surface area contributed by atoms with E-state index in [1.54, 1.807) is 38.2 Å². The van der Waals surface area contributed by atoms with E-state index >= 15 is 0 Å². The molecule has 1 N–H and O–H groups in total. The maximum absolute atomic E-state index is 12.4. The molecule has 1 fully saturated rings. The summed E-state index contributed by atoms with van der Waals surface area (Å²) < 4.78 is 32.7. The lowest BCUT2D eigenvalue weighted by Crippen LogP contribution is -2.41. The van der Waals surface area contributed by atoms with E-state index in [0.29, 0.717) is 42.4 Å². The van der Waals surface area contributed by atoms with Crippen LogP contribution in [0.4, 0.5) is 4.79 Å². The average Bonchev–Trinajstić information content (AvgIpc) is 3.18. The molecular weight excluding hydrogens is 418 g/mol. The molecule has 1 aliphatic rings. The lowest BCUT2D eigenvalue weighted by Gasteiger charge is -2.30. The third-order valence-electron chi connectivity index (χ3n) is 5.59. The van der Waals surface area contributed by atoms with Crippen molar-refractivity contribution < 1.29 is 23.1 Å². The van der Waals surface area contributed by atoms with Gasteiger partial charge in [0.2, 0.25) is 0 Å². The van der Waals surface area contributed by atoms with Crippen LogP contribution in [0.1, 0.15) is 26.7 Å². The monoisotopic (exact) mass is 443 g/mol. The second-order valence-electron chi connectivity index (χ2n) is 7.94. The molecule has 1 aliphatic heterocycles. The molecule has 0 unspecified atom stereocenters. The van der Waals surface area contributed by atoms with Crippen molar-refractivity contribution in [3.05, 3.63) is 48.8 Å². The Morgan fingerprint density at radius 1 is 1.16 bits per heavy atom. The number of carbonyl (C=O) groups is 1. The van der Waals surface area contributed by atoms with Crippen molar-refractivity contribution >= 4 is 26.8 Å². The lowest BCUT2D eigenvalue weighted by molar-refractivity contribution is 0.0893. The predicted octanol–water partition coefficient (Wildman–Crippen LogP) is 3.73. The largest absolute Gasteiger partial charge is 0.489 e. The molecule has 1 saturated heterocycles. The highest BCUT2D eigenvalue weighted by Crippen LogP contribution is 2.26. The Balaban J connectivity index is 1.50. The molecule has 164 valence electrons. The maximum Gasteiger partial charge on any atom is 0.407 e. The van der Waals surface area contributed by atoms with E-state index in [4.69, 9.17) is 9.84 Å². The summed E-state index contributed by atoms with van der Waals surface area (Å²) >= 11 is 0. The van der Waals surface area contributed by atoms with Crippen molar-refractivity contribution in [3.8, 4) is 11.6 Å². The molecule has 1 aromatic carbocycles. The highest BCUT2D eigenvalue weighted by molar-refractivity contribution is 7.92. The number of rotatable bonds is 5. The number of carboxylic acid groups (broad SMARTS) is 1. The smallest absolute Gasteiger partial charge is 0.407 e. The van der Waals surface area contributed by atoms with Gasteiger partial charge in [-0.25, -0.2) is 18.2 Å². The number of fused-ring (bicyclic) bond motifs is 1. The van der Waals surface area contributed by atoms with Gasteiger partial charge in [0, 0.05) is 37.5 Å². The molecule has 0 atom stereocenters. The van der Waals surface area contributed by atoms with Gasteiger partial charge in [-0.1, -0.05) is 0 Å². The van der Waals surface area contributed by atoms with Gasteiger partial charge in [-0.3, -0.25) is 0 Å². The lowest BCUT2D eigenvalue weighted by atomic mass is 10.1. The number of hydrogen-bond acceptors (Lipinski definition) is 5. The minimum atomic E-state index is -3.33. The SMILES string of the molecule is CC(C)S(=O)(=O)c1ccc2c(ccn2-c2ccc(OC3CCN(C(=O)O)CC3)cn2)c1. The van der Waals surface area contributed by atoms with Crippen LogP contribution in [0.3, 0.4) is 0 Å². The zero-order chi connectivity index (χ0) is 22.2. The summed E-state index contributed by atoms with van der Waals surface area (Å²) in [5.41, 5.74) is 0.866. The van der Waals surface area contributed by atoms with Crippen LogP contribution in [0.2, 0.25) is 0 Å². The molecule has 1 amide bonds. The number of benzene rings is 1. The average molecular weight is 444 g/mol. The first-order valence-corrected chi connectivity index (χ1v) is 11.8. The summed E-state index contributed by atoms with van der Waals surface area (Å²) in [6.07, 6.45) is 3.90. The normalized spacial score (nSPS) is 15.5. The van der Waals surface area contributed by atoms with Gasteiger partial charge >= 0.3 is 6.09 Å². The molecule has 3 aromatic rings. The fraction of sp³-hybridized carbons (Fsp3) is 0.364. The van der Waals surface area contributed by atoms with Crippen molar-refractivity contribution in [2.24, 2.45) is 0 Å². The Morgan fingerprint density at radius 3 is 2.52 bits per heavy atom. The van der Waals surface area contributed by atoms with Crippen molar-refractivity contribution in [1.82, 2.24) is 14.5 Å². The molecule has 0 saturated carbocycles. The quantitative estimate of drug-likeness (QED) is 0.645. The molecule has 4 rings (SSSR count). The molecule has 3 heterocycles. The minimum Gasteiger partial charge on any atom is -0.489 e. The van der Waals surface area contributed by atoms with Gasteiger partial charge in [0.1, 0.15) is 17.7 Å². The van der Waals surface area contributed by atoms with Crippen LogP contribution < -0.4 is 4.74 Å². The molecule has 31 heavy (non-hydrogen) atoms. The zero-order valence-electron chi connectivity index (χ0n) is 17.4. The Morgan fingerprint density at radius 2 is 1.90 bits per heavy atom. The second-order valence-corrected chi connectivity index (χ2v) is 10.4. The van der Waals surface area contributed by atoms with E-state index < -0.39 is 21.2 Å².